The second-order valence-electron chi connectivity index (χ2n) is 8.38. The average Bonchev–Trinajstić information content (AvgIpc) is 2.66. The summed E-state index contributed by atoms with van der Waals surface area (Å²) in [6.07, 6.45) is 24.6. The molecule has 1 fully saturated rings. The van der Waals surface area contributed by atoms with Gasteiger partial charge in [-0.15, -0.1) is 0 Å². The van der Waals surface area contributed by atoms with Crippen molar-refractivity contribution in [2.24, 2.45) is 17.8 Å². The standard InChI is InChI=1S/C24H34O3/c25-22(18-19-12-6-4-7-13-19)23(20-14-8-5-9-15-20)24(26)27-21-16-10-2-1-3-11-17-21/h4,6-8,12,14,19-21,23H,1-3,5,9-11,13,15-18H2. The average molecular weight is 371 g/mol. The molecule has 0 radical (unpaired) electrons. The van der Waals surface area contributed by atoms with Crippen LogP contribution in [0.15, 0.2) is 36.5 Å². The molecule has 3 rings (SSSR count). The van der Waals surface area contributed by atoms with Crippen molar-refractivity contribution in [2.75, 3.05) is 0 Å². The number of rotatable bonds is 6. The predicted molar refractivity (Wildman–Crippen MR) is 108 cm³/mol. The van der Waals surface area contributed by atoms with Crippen LogP contribution in [0.4, 0.5) is 0 Å². The molecule has 1 saturated carbocycles. The molecule has 148 valence electrons. The van der Waals surface area contributed by atoms with Crippen molar-refractivity contribution in [3.8, 4) is 0 Å². The summed E-state index contributed by atoms with van der Waals surface area (Å²) < 4.78 is 5.93. The van der Waals surface area contributed by atoms with E-state index in [4.69, 9.17) is 4.74 Å². The Labute approximate surface area is 163 Å². The smallest absolute Gasteiger partial charge is 0.317 e. The van der Waals surface area contributed by atoms with Crippen LogP contribution in [0.3, 0.4) is 0 Å². The van der Waals surface area contributed by atoms with Gasteiger partial charge >= 0.3 is 5.97 Å². The van der Waals surface area contributed by atoms with Gasteiger partial charge in [0.15, 0.2) is 0 Å². The van der Waals surface area contributed by atoms with Crippen LogP contribution in [-0.2, 0) is 14.3 Å². The maximum atomic E-state index is 13.1. The third kappa shape index (κ3) is 6.19. The first-order chi connectivity index (χ1) is 13.2. The van der Waals surface area contributed by atoms with Gasteiger partial charge < -0.3 is 4.74 Å². The first kappa shape index (κ1) is 20.1. The Bertz CT molecular complexity index is 578. The molecule has 27 heavy (non-hydrogen) atoms. The van der Waals surface area contributed by atoms with E-state index < -0.39 is 5.92 Å². The van der Waals surface area contributed by atoms with Crippen molar-refractivity contribution >= 4 is 11.8 Å². The number of allylic oxidation sites excluding steroid dienone is 6. The van der Waals surface area contributed by atoms with E-state index in [1.165, 1.54) is 19.3 Å². The minimum Gasteiger partial charge on any atom is -0.462 e. The van der Waals surface area contributed by atoms with E-state index in [1.54, 1.807) is 0 Å². The van der Waals surface area contributed by atoms with Crippen LogP contribution in [0.25, 0.3) is 0 Å². The zero-order valence-electron chi connectivity index (χ0n) is 16.5. The Hall–Kier alpha value is -1.64. The minimum atomic E-state index is -0.619. The van der Waals surface area contributed by atoms with Gasteiger partial charge in [-0.05, 0) is 63.2 Å². The van der Waals surface area contributed by atoms with E-state index in [0.29, 0.717) is 6.42 Å². The van der Waals surface area contributed by atoms with E-state index >= 15 is 0 Å². The molecule has 0 bridgehead atoms. The highest BCUT2D eigenvalue weighted by atomic mass is 16.5. The van der Waals surface area contributed by atoms with Gasteiger partial charge in [0.25, 0.3) is 0 Å². The number of carbonyl (C=O) groups is 2. The van der Waals surface area contributed by atoms with Crippen molar-refractivity contribution in [3.63, 3.8) is 0 Å². The molecule has 3 aliphatic carbocycles. The van der Waals surface area contributed by atoms with Crippen molar-refractivity contribution < 1.29 is 14.3 Å². The number of ether oxygens (including phenoxy) is 1. The van der Waals surface area contributed by atoms with Gasteiger partial charge in [-0.25, -0.2) is 0 Å². The lowest BCUT2D eigenvalue weighted by Crippen LogP contribution is -2.36. The topological polar surface area (TPSA) is 43.4 Å². The molecule has 3 atom stereocenters. The second-order valence-corrected chi connectivity index (χ2v) is 8.38. The fourth-order valence-corrected chi connectivity index (χ4v) is 4.60. The van der Waals surface area contributed by atoms with Crippen LogP contribution in [0.5, 0.6) is 0 Å². The number of esters is 1. The highest BCUT2D eigenvalue weighted by molar-refractivity contribution is 5.99. The van der Waals surface area contributed by atoms with E-state index in [1.807, 2.05) is 12.2 Å². The van der Waals surface area contributed by atoms with E-state index in [-0.39, 0.29) is 29.7 Å². The lowest BCUT2D eigenvalue weighted by atomic mass is 9.79. The summed E-state index contributed by atoms with van der Waals surface area (Å²) in [4.78, 5) is 26.2. The quantitative estimate of drug-likeness (QED) is 0.342. The molecule has 0 aliphatic heterocycles. The van der Waals surface area contributed by atoms with Crippen LogP contribution in [0.2, 0.25) is 0 Å². The number of hydrogen-bond donors (Lipinski definition) is 0. The summed E-state index contributed by atoms with van der Waals surface area (Å²) in [5.41, 5.74) is 0. The van der Waals surface area contributed by atoms with Crippen molar-refractivity contribution in [1.82, 2.24) is 0 Å². The zero-order valence-corrected chi connectivity index (χ0v) is 16.5. The molecule has 0 aromatic rings. The molecule has 0 aromatic carbocycles. The molecule has 3 heteroatoms. The van der Waals surface area contributed by atoms with E-state index in [0.717, 1.165) is 51.4 Å². The number of carbonyl (C=O) groups excluding carboxylic acids is 2. The molecule has 3 aliphatic rings. The van der Waals surface area contributed by atoms with Gasteiger partial charge in [0.05, 0.1) is 0 Å². The summed E-state index contributed by atoms with van der Waals surface area (Å²) >= 11 is 0. The largest absolute Gasteiger partial charge is 0.462 e. The lowest BCUT2D eigenvalue weighted by molar-refractivity contribution is -0.159. The molecule has 0 N–H and O–H groups in total. The molecular formula is C24H34O3. The second kappa shape index (κ2) is 10.6. The van der Waals surface area contributed by atoms with Crippen LogP contribution in [0, 0.1) is 17.8 Å². The molecular weight excluding hydrogens is 336 g/mol. The van der Waals surface area contributed by atoms with Gasteiger partial charge in [0, 0.05) is 6.42 Å². The Morgan fingerprint density at radius 3 is 2.33 bits per heavy atom. The van der Waals surface area contributed by atoms with Crippen LogP contribution in [-0.4, -0.2) is 17.9 Å². The first-order valence-corrected chi connectivity index (χ1v) is 11.0. The fourth-order valence-electron chi connectivity index (χ4n) is 4.60. The minimum absolute atomic E-state index is 0.00169. The molecule has 0 saturated heterocycles. The number of Topliss-reactive ketones (excluding diaryl/α,β-unsaturated/α-hetero) is 1. The summed E-state index contributed by atoms with van der Waals surface area (Å²) in [7, 11) is 0. The maximum absolute atomic E-state index is 13.1. The first-order valence-electron chi connectivity index (χ1n) is 11.0. The van der Waals surface area contributed by atoms with E-state index in [2.05, 4.69) is 24.3 Å². The Morgan fingerprint density at radius 1 is 0.889 bits per heavy atom. The third-order valence-corrected chi connectivity index (χ3v) is 6.19. The normalized spacial score (nSPS) is 27.6. The zero-order chi connectivity index (χ0) is 18.9. The van der Waals surface area contributed by atoms with Crippen LogP contribution >= 0.6 is 0 Å². The Balaban J connectivity index is 1.66. The summed E-state index contributed by atoms with van der Waals surface area (Å²) in [6, 6.07) is 0. The lowest BCUT2D eigenvalue weighted by Gasteiger charge is -2.28. The highest BCUT2D eigenvalue weighted by Crippen LogP contribution is 2.31. The number of hydrogen-bond acceptors (Lipinski definition) is 3. The molecule has 0 amide bonds. The monoisotopic (exact) mass is 370 g/mol. The van der Waals surface area contributed by atoms with Gasteiger partial charge in [-0.1, -0.05) is 55.7 Å². The van der Waals surface area contributed by atoms with E-state index in [9.17, 15) is 9.59 Å². The van der Waals surface area contributed by atoms with Crippen LogP contribution in [0.1, 0.15) is 77.0 Å². The SMILES string of the molecule is O=C(CC1C=CC=CC1)C(C(=O)OC1CCCCCCC1)C1C=CCCC1. The number of ketones is 1. The Kier molecular flexibility index (Phi) is 7.92. The van der Waals surface area contributed by atoms with Crippen molar-refractivity contribution in [1.29, 1.82) is 0 Å². The molecule has 0 aromatic heterocycles. The van der Waals surface area contributed by atoms with Gasteiger partial charge in [0.2, 0.25) is 0 Å². The van der Waals surface area contributed by atoms with Crippen LogP contribution < -0.4 is 0 Å². The summed E-state index contributed by atoms with van der Waals surface area (Å²) in [6.45, 7) is 0. The molecule has 0 heterocycles. The van der Waals surface area contributed by atoms with Crippen molar-refractivity contribution in [2.45, 2.75) is 83.2 Å². The summed E-state index contributed by atoms with van der Waals surface area (Å²) in [5, 5.41) is 0. The molecule has 0 spiro atoms. The van der Waals surface area contributed by atoms with Crippen molar-refractivity contribution in [3.05, 3.63) is 36.5 Å². The summed E-state index contributed by atoms with van der Waals surface area (Å²) in [5.74, 6) is -0.599. The predicted octanol–water partition coefficient (Wildman–Crippen LogP) is 5.71. The highest BCUT2D eigenvalue weighted by Gasteiger charge is 2.36. The molecule has 3 unspecified atom stereocenters. The van der Waals surface area contributed by atoms with Gasteiger partial charge in [-0.3, -0.25) is 9.59 Å². The fraction of sp³-hybridized carbons (Fsp3) is 0.667. The Morgan fingerprint density at radius 2 is 1.67 bits per heavy atom. The third-order valence-electron chi connectivity index (χ3n) is 6.19. The van der Waals surface area contributed by atoms with Gasteiger partial charge in [0.1, 0.15) is 17.8 Å². The molecule has 3 nitrogen and oxygen atoms in total. The van der Waals surface area contributed by atoms with Gasteiger partial charge in [-0.2, -0.15) is 0 Å². The maximum Gasteiger partial charge on any atom is 0.317 e.